The lowest BCUT2D eigenvalue weighted by Crippen LogP contribution is -2.18. The van der Waals surface area contributed by atoms with Crippen LogP contribution in [0.25, 0.3) is 0 Å². The Balaban J connectivity index is 2.52. The molecule has 0 atom stereocenters. The van der Waals surface area contributed by atoms with Crippen molar-refractivity contribution in [3.8, 4) is 0 Å². The van der Waals surface area contributed by atoms with E-state index in [1.54, 1.807) is 12.1 Å². The molecule has 1 heterocycles. The summed E-state index contributed by atoms with van der Waals surface area (Å²) in [4.78, 5) is 13.4. The van der Waals surface area contributed by atoms with E-state index in [9.17, 15) is 4.79 Å². The van der Waals surface area contributed by atoms with Gasteiger partial charge in [-0.05, 0) is 12.1 Å². The van der Waals surface area contributed by atoms with Crippen molar-refractivity contribution in [1.29, 1.82) is 0 Å². The third-order valence-electron chi connectivity index (χ3n) is 2.40. The molecule has 0 spiro atoms. The number of anilines is 2. The van der Waals surface area contributed by atoms with Gasteiger partial charge in [-0.1, -0.05) is 23.2 Å². The zero-order chi connectivity index (χ0) is 11.0. The number of rotatable bonds is 0. The van der Waals surface area contributed by atoms with Crippen LogP contribution in [0.2, 0.25) is 10.0 Å². The van der Waals surface area contributed by atoms with Gasteiger partial charge in [-0.15, -0.1) is 0 Å². The van der Waals surface area contributed by atoms with E-state index in [4.69, 9.17) is 23.2 Å². The van der Waals surface area contributed by atoms with E-state index < -0.39 is 0 Å². The molecule has 0 aliphatic carbocycles. The minimum atomic E-state index is -0.000936. The molecule has 1 N–H and O–H groups in total. The lowest BCUT2D eigenvalue weighted by molar-refractivity contribution is -0.115. The van der Waals surface area contributed by atoms with Gasteiger partial charge in [0.15, 0.2) is 0 Å². The third-order valence-corrected chi connectivity index (χ3v) is 3.12. The normalized spacial score (nSPS) is 15.7. The van der Waals surface area contributed by atoms with Crippen molar-refractivity contribution in [3.05, 3.63) is 22.2 Å². The second-order valence-corrected chi connectivity index (χ2v) is 4.32. The van der Waals surface area contributed by atoms with E-state index in [1.807, 2.05) is 11.9 Å². The van der Waals surface area contributed by atoms with Crippen LogP contribution in [0.1, 0.15) is 6.42 Å². The van der Waals surface area contributed by atoms with Crippen LogP contribution in [0, 0.1) is 0 Å². The molecule has 0 radical (unpaired) electrons. The topological polar surface area (TPSA) is 32.3 Å². The number of hydrogen-bond acceptors (Lipinski definition) is 2. The zero-order valence-corrected chi connectivity index (χ0v) is 9.69. The van der Waals surface area contributed by atoms with Crippen LogP contribution in [-0.2, 0) is 4.79 Å². The maximum atomic E-state index is 11.4. The zero-order valence-electron chi connectivity index (χ0n) is 8.18. The maximum absolute atomic E-state index is 11.4. The van der Waals surface area contributed by atoms with Gasteiger partial charge in [0.25, 0.3) is 0 Å². The Labute approximate surface area is 98.0 Å². The molecule has 1 aromatic rings. The first kappa shape index (κ1) is 10.6. The largest absolute Gasteiger partial charge is 0.372 e. The number of carbonyl (C=O) groups is 1. The molecule has 0 fully saturated rings. The van der Waals surface area contributed by atoms with Gasteiger partial charge in [-0.25, -0.2) is 0 Å². The van der Waals surface area contributed by atoms with Crippen LogP contribution < -0.4 is 10.2 Å². The molecule has 5 heteroatoms. The molecule has 15 heavy (non-hydrogen) atoms. The quantitative estimate of drug-likeness (QED) is 0.762. The van der Waals surface area contributed by atoms with Crippen LogP contribution in [0.3, 0.4) is 0 Å². The Morgan fingerprint density at radius 3 is 2.73 bits per heavy atom. The average molecular weight is 245 g/mol. The van der Waals surface area contributed by atoms with E-state index in [1.165, 1.54) is 0 Å². The van der Waals surface area contributed by atoms with Gasteiger partial charge >= 0.3 is 0 Å². The highest BCUT2D eigenvalue weighted by Crippen LogP contribution is 2.35. The predicted octanol–water partition coefficient (Wildman–Crippen LogP) is 2.77. The standard InChI is InChI=1S/C10H10Cl2N2O/c1-14-3-2-10(15)13-8-4-6(11)7(12)5-9(8)14/h4-5H,2-3H2,1H3,(H,13,15). The fourth-order valence-corrected chi connectivity index (χ4v) is 1.88. The molecule has 1 aliphatic rings. The van der Waals surface area contributed by atoms with E-state index in [-0.39, 0.29) is 5.91 Å². The van der Waals surface area contributed by atoms with Crippen LogP contribution in [0.15, 0.2) is 12.1 Å². The minimum Gasteiger partial charge on any atom is -0.372 e. The molecule has 0 aromatic heterocycles. The number of halogens is 2. The summed E-state index contributed by atoms with van der Waals surface area (Å²) in [6.07, 6.45) is 0.473. The summed E-state index contributed by atoms with van der Waals surface area (Å²) in [5, 5.41) is 3.75. The van der Waals surface area contributed by atoms with Crippen molar-refractivity contribution in [2.45, 2.75) is 6.42 Å². The Morgan fingerprint density at radius 1 is 1.33 bits per heavy atom. The Kier molecular flexibility index (Phi) is 2.76. The molecule has 1 aliphatic heterocycles. The van der Waals surface area contributed by atoms with Crippen molar-refractivity contribution in [3.63, 3.8) is 0 Å². The molecule has 0 unspecified atom stereocenters. The first-order valence-electron chi connectivity index (χ1n) is 4.58. The van der Waals surface area contributed by atoms with Crippen LogP contribution >= 0.6 is 23.2 Å². The summed E-state index contributed by atoms with van der Waals surface area (Å²) >= 11 is 11.8. The van der Waals surface area contributed by atoms with E-state index in [0.29, 0.717) is 23.0 Å². The Bertz CT molecular complexity index is 420. The lowest BCUT2D eigenvalue weighted by atomic mass is 10.2. The highest BCUT2D eigenvalue weighted by molar-refractivity contribution is 6.42. The Morgan fingerprint density at radius 2 is 2.00 bits per heavy atom. The number of hydrogen-bond donors (Lipinski definition) is 1. The smallest absolute Gasteiger partial charge is 0.226 e. The van der Waals surface area contributed by atoms with Gasteiger partial charge in [0.1, 0.15) is 0 Å². The van der Waals surface area contributed by atoms with Crippen LogP contribution in [0.4, 0.5) is 11.4 Å². The summed E-state index contributed by atoms with van der Waals surface area (Å²) in [6.45, 7) is 0.677. The second-order valence-electron chi connectivity index (χ2n) is 3.50. The SMILES string of the molecule is CN1CCC(=O)Nc2cc(Cl)c(Cl)cc21. The molecule has 2 rings (SSSR count). The third kappa shape index (κ3) is 2.03. The molecule has 3 nitrogen and oxygen atoms in total. The van der Waals surface area contributed by atoms with Gasteiger partial charge in [0, 0.05) is 20.0 Å². The number of carbonyl (C=O) groups excluding carboxylic acids is 1. The van der Waals surface area contributed by atoms with Crippen molar-refractivity contribution in [2.75, 3.05) is 23.8 Å². The van der Waals surface area contributed by atoms with Crippen molar-refractivity contribution in [2.24, 2.45) is 0 Å². The van der Waals surface area contributed by atoms with Crippen molar-refractivity contribution < 1.29 is 4.79 Å². The Hall–Kier alpha value is -0.930. The fraction of sp³-hybridized carbons (Fsp3) is 0.300. The molecule has 1 aromatic carbocycles. The van der Waals surface area contributed by atoms with Crippen LogP contribution in [0.5, 0.6) is 0 Å². The summed E-state index contributed by atoms with van der Waals surface area (Å²) in [5.74, 6) is -0.000936. The highest BCUT2D eigenvalue weighted by Gasteiger charge is 2.17. The summed E-state index contributed by atoms with van der Waals surface area (Å²) in [6, 6.07) is 3.45. The molecule has 0 bridgehead atoms. The highest BCUT2D eigenvalue weighted by atomic mass is 35.5. The number of amides is 1. The monoisotopic (exact) mass is 244 g/mol. The lowest BCUT2D eigenvalue weighted by Gasteiger charge is -2.18. The molecule has 1 amide bonds. The molecular formula is C10H10Cl2N2O. The number of nitrogens with zero attached hydrogens (tertiary/aromatic N) is 1. The van der Waals surface area contributed by atoms with Crippen LogP contribution in [-0.4, -0.2) is 19.5 Å². The number of benzene rings is 1. The first-order chi connectivity index (χ1) is 7.08. The van der Waals surface area contributed by atoms with E-state index in [0.717, 1.165) is 11.4 Å². The molecule has 0 saturated heterocycles. The van der Waals surface area contributed by atoms with Gasteiger partial charge in [-0.3, -0.25) is 4.79 Å². The fourth-order valence-electron chi connectivity index (χ4n) is 1.55. The second kappa shape index (κ2) is 3.91. The van der Waals surface area contributed by atoms with E-state index >= 15 is 0 Å². The molecule has 0 saturated carbocycles. The van der Waals surface area contributed by atoms with Gasteiger partial charge in [0.05, 0.1) is 21.4 Å². The molecular weight excluding hydrogens is 235 g/mol. The molecule has 80 valence electrons. The number of fused-ring (bicyclic) bond motifs is 1. The predicted molar refractivity (Wildman–Crippen MR) is 63.0 cm³/mol. The average Bonchev–Trinajstić information content (AvgIpc) is 2.30. The minimum absolute atomic E-state index is 0.000936. The first-order valence-corrected chi connectivity index (χ1v) is 5.33. The summed E-state index contributed by atoms with van der Waals surface area (Å²) in [7, 11) is 1.92. The van der Waals surface area contributed by atoms with Crippen molar-refractivity contribution in [1.82, 2.24) is 0 Å². The summed E-state index contributed by atoms with van der Waals surface area (Å²) < 4.78 is 0. The van der Waals surface area contributed by atoms with E-state index in [2.05, 4.69) is 5.32 Å². The number of nitrogens with one attached hydrogen (secondary N) is 1. The van der Waals surface area contributed by atoms with Gasteiger partial charge < -0.3 is 10.2 Å². The maximum Gasteiger partial charge on any atom is 0.226 e. The van der Waals surface area contributed by atoms with Gasteiger partial charge in [-0.2, -0.15) is 0 Å². The van der Waals surface area contributed by atoms with Gasteiger partial charge in [0.2, 0.25) is 5.91 Å². The summed E-state index contributed by atoms with van der Waals surface area (Å²) in [5.41, 5.74) is 1.62. The van der Waals surface area contributed by atoms with Crippen molar-refractivity contribution >= 4 is 40.5 Å².